The zero-order valence-electron chi connectivity index (χ0n) is 22.0. The third-order valence-corrected chi connectivity index (χ3v) is 7.87. The van der Waals surface area contributed by atoms with E-state index in [1.165, 1.54) is 36.7 Å². The Morgan fingerprint density at radius 3 is 1.63 bits per heavy atom. The third-order valence-electron chi connectivity index (χ3n) is 7.87. The molecule has 2 aromatic heterocycles. The minimum absolute atomic E-state index is 0.343. The Bertz CT molecular complexity index is 2300. The maximum Gasteiger partial charge on any atom is 0.355 e. The van der Waals surface area contributed by atoms with E-state index in [9.17, 15) is 4.79 Å². The van der Waals surface area contributed by atoms with Gasteiger partial charge in [-0.1, -0.05) is 109 Å². The highest BCUT2D eigenvalue weighted by Gasteiger charge is 2.11. The van der Waals surface area contributed by atoms with Crippen LogP contribution in [0.5, 0.6) is 0 Å². The maximum atomic E-state index is 12.8. The molecule has 0 aliphatic heterocycles. The first-order valence-corrected chi connectivity index (χ1v) is 13.6. The molecular weight excluding hydrogens is 502 g/mol. The number of pyridine rings is 1. The van der Waals surface area contributed by atoms with Crippen LogP contribution in [-0.2, 0) is 0 Å². The molecule has 0 fully saturated rings. The first-order valence-electron chi connectivity index (χ1n) is 13.6. The summed E-state index contributed by atoms with van der Waals surface area (Å²) in [6, 6.07) is 46.1. The van der Waals surface area contributed by atoms with E-state index in [0.29, 0.717) is 11.5 Å². The highest BCUT2D eigenvalue weighted by atomic mass is 16.1. The van der Waals surface area contributed by atoms with Gasteiger partial charge in [-0.3, -0.25) is 4.40 Å². The zero-order chi connectivity index (χ0) is 27.3. The van der Waals surface area contributed by atoms with Crippen molar-refractivity contribution in [3.8, 4) is 33.6 Å². The van der Waals surface area contributed by atoms with Crippen molar-refractivity contribution in [3.05, 3.63) is 150 Å². The van der Waals surface area contributed by atoms with Crippen molar-refractivity contribution in [3.63, 3.8) is 0 Å². The number of hydrogen-bond acceptors (Lipinski definition) is 3. The van der Waals surface area contributed by atoms with Crippen molar-refractivity contribution in [2.45, 2.75) is 0 Å². The van der Waals surface area contributed by atoms with E-state index in [-0.39, 0.29) is 5.69 Å². The van der Waals surface area contributed by atoms with Gasteiger partial charge < -0.3 is 0 Å². The Morgan fingerprint density at radius 2 is 0.951 bits per heavy atom. The Hall–Kier alpha value is -5.61. The summed E-state index contributed by atoms with van der Waals surface area (Å²) in [5.41, 5.74) is 5.37. The molecule has 41 heavy (non-hydrogen) atoms. The summed E-state index contributed by atoms with van der Waals surface area (Å²) in [7, 11) is 0. The largest absolute Gasteiger partial charge is 0.355 e. The van der Waals surface area contributed by atoms with Crippen LogP contribution < -0.4 is 5.69 Å². The molecule has 4 nitrogen and oxygen atoms in total. The second-order valence-corrected chi connectivity index (χ2v) is 10.3. The van der Waals surface area contributed by atoms with Gasteiger partial charge in [-0.05, 0) is 78.8 Å². The number of fused-ring (bicyclic) bond motifs is 7. The van der Waals surface area contributed by atoms with Gasteiger partial charge in [0.25, 0.3) is 0 Å². The second-order valence-electron chi connectivity index (χ2n) is 10.3. The fourth-order valence-electron chi connectivity index (χ4n) is 5.88. The van der Waals surface area contributed by atoms with Crippen molar-refractivity contribution in [2.75, 3.05) is 0 Å². The summed E-state index contributed by atoms with van der Waals surface area (Å²) >= 11 is 0. The van der Waals surface area contributed by atoms with E-state index in [4.69, 9.17) is 4.98 Å². The minimum Gasteiger partial charge on any atom is -0.251 e. The lowest BCUT2D eigenvalue weighted by molar-refractivity contribution is 0.948. The molecule has 0 aliphatic carbocycles. The summed E-state index contributed by atoms with van der Waals surface area (Å²) in [6.07, 6.45) is 1.75. The molecule has 0 N–H and O–H groups in total. The summed E-state index contributed by atoms with van der Waals surface area (Å²) < 4.78 is 1.48. The molecular formula is C37H23N3O. The topological polar surface area (TPSA) is 47.3 Å². The third kappa shape index (κ3) is 3.88. The Labute approximate surface area is 235 Å². The van der Waals surface area contributed by atoms with Crippen LogP contribution in [0, 0.1) is 0 Å². The van der Waals surface area contributed by atoms with Gasteiger partial charge in [0.15, 0.2) is 5.82 Å². The summed E-state index contributed by atoms with van der Waals surface area (Å²) in [4.78, 5) is 21.7. The molecule has 0 saturated heterocycles. The van der Waals surface area contributed by atoms with Crippen LogP contribution in [0.3, 0.4) is 0 Å². The molecule has 0 radical (unpaired) electrons. The lowest BCUT2D eigenvalue weighted by Crippen LogP contribution is -2.19. The summed E-state index contributed by atoms with van der Waals surface area (Å²) in [5.74, 6) is 0.428. The highest BCUT2D eigenvalue weighted by molar-refractivity contribution is 6.25. The average Bonchev–Trinajstić information content (AvgIpc) is 3.05. The summed E-state index contributed by atoms with van der Waals surface area (Å²) in [6.45, 7) is 0. The van der Waals surface area contributed by atoms with Gasteiger partial charge in [0, 0.05) is 11.8 Å². The molecule has 6 aromatic carbocycles. The van der Waals surface area contributed by atoms with Crippen LogP contribution in [0.4, 0.5) is 0 Å². The van der Waals surface area contributed by atoms with Gasteiger partial charge in [-0.15, -0.1) is 0 Å². The van der Waals surface area contributed by atoms with Crippen LogP contribution >= 0.6 is 0 Å². The predicted octanol–water partition coefficient (Wildman–Crippen LogP) is 8.55. The van der Waals surface area contributed by atoms with E-state index in [0.717, 1.165) is 27.8 Å². The van der Waals surface area contributed by atoms with E-state index >= 15 is 0 Å². The van der Waals surface area contributed by atoms with Gasteiger partial charge in [-0.25, -0.2) is 9.78 Å². The molecule has 8 aromatic rings. The molecule has 0 saturated carbocycles. The smallest absolute Gasteiger partial charge is 0.251 e. The van der Waals surface area contributed by atoms with Crippen molar-refractivity contribution >= 4 is 38.0 Å². The molecule has 0 spiro atoms. The van der Waals surface area contributed by atoms with E-state index in [1.807, 2.05) is 42.5 Å². The molecule has 0 bridgehead atoms. The van der Waals surface area contributed by atoms with Crippen LogP contribution in [0.2, 0.25) is 0 Å². The van der Waals surface area contributed by atoms with Crippen molar-refractivity contribution < 1.29 is 0 Å². The van der Waals surface area contributed by atoms with Gasteiger partial charge in [0.2, 0.25) is 0 Å². The van der Waals surface area contributed by atoms with E-state index in [1.54, 1.807) is 6.20 Å². The van der Waals surface area contributed by atoms with Gasteiger partial charge in [0.1, 0.15) is 5.65 Å². The van der Waals surface area contributed by atoms with E-state index in [2.05, 4.69) is 96.0 Å². The number of nitrogens with zero attached hydrogens (tertiary/aromatic N) is 3. The van der Waals surface area contributed by atoms with Crippen LogP contribution in [0.15, 0.2) is 144 Å². The molecule has 0 amide bonds. The van der Waals surface area contributed by atoms with Crippen LogP contribution in [0.1, 0.15) is 0 Å². The standard InChI is InChI=1S/C37H23N3O/c41-37-39-36(24-9-2-1-3-10-24)38-35-23-28(19-20-40(35)37)26-12-8-11-25(21-26)27-17-18-33-31-15-5-4-13-29(31)30-14-6-7-16-32(30)34(33)22-27/h1-23H. The predicted molar refractivity (Wildman–Crippen MR) is 168 cm³/mol. The molecule has 8 rings (SSSR count). The Balaban J connectivity index is 1.26. The highest BCUT2D eigenvalue weighted by Crippen LogP contribution is 2.37. The van der Waals surface area contributed by atoms with Gasteiger partial charge in [-0.2, -0.15) is 4.98 Å². The average molecular weight is 526 g/mol. The Kier molecular flexibility index (Phi) is 5.25. The molecule has 0 atom stereocenters. The molecule has 192 valence electrons. The van der Waals surface area contributed by atoms with Crippen molar-refractivity contribution in [1.82, 2.24) is 14.4 Å². The number of benzene rings is 6. The minimum atomic E-state index is -0.343. The van der Waals surface area contributed by atoms with Crippen molar-refractivity contribution in [1.29, 1.82) is 0 Å². The number of hydrogen-bond donors (Lipinski definition) is 0. The normalized spacial score (nSPS) is 11.5. The maximum absolute atomic E-state index is 12.8. The summed E-state index contributed by atoms with van der Waals surface area (Å²) in [5, 5.41) is 7.58. The fraction of sp³-hybridized carbons (Fsp3) is 0. The fourth-order valence-corrected chi connectivity index (χ4v) is 5.88. The molecule has 2 heterocycles. The van der Waals surface area contributed by atoms with Gasteiger partial charge in [0.05, 0.1) is 0 Å². The first-order chi connectivity index (χ1) is 20.2. The first kappa shape index (κ1) is 23.3. The lowest BCUT2D eigenvalue weighted by Gasteiger charge is -2.13. The molecule has 4 heteroatoms. The van der Waals surface area contributed by atoms with Crippen LogP contribution in [-0.4, -0.2) is 14.4 Å². The lowest BCUT2D eigenvalue weighted by atomic mass is 9.91. The molecule has 0 aliphatic rings. The molecule has 0 unspecified atom stereocenters. The second kappa shape index (κ2) is 9.25. The van der Waals surface area contributed by atoms with Crippen molar-refractivity contribution in [2.24, 2.45) is 0 Å². The number of aromatic nitrogens is 3. The van der Waals surface area contributed by atoms with E-state index < -0.39 is 0 Å². The van der Waals surface area contributed by atoms with Crippen LogP contribution in [0.25, 0.3) is 71.6 Å². The zero-order valence-corrected chi connectivity index (χ0v) is 22.0. The SMILES string of the molecule is O=c1nc(-c2ccccc2)nc2cc(-c3cccc(-c4ccc5c6ccccc6c6ccccc6c5c4)c3)ccn12. The number of rotatable bonds is 3. The monoisotopic (exact) mass is 525 g/mol. The Morgan fingerprint density at radius 1 is 0.415 bits per heavy atom. The quantitative estimate of drug-likeness (QED) is 0.217. The van der Waals surface area contributed by atoms with Gasteiger partial charge >= 0.3 is 5.69 Å².